The van der Waals surface area contributed by atoms with E-state index in [1.54, 1.807) is 0 Å². The van der Waals surface area contributed by atoms with Crippen molar-refractivity contribution >= 4 is 42.2 Å². The van der Waals surface area contributed by atoms with Crippen LogP contribution >= 0.6 is 42.2 Å². The van der Waals surface area contributed by atoms with E-state index in [2.05, 4.69) is 4.52 Å². The summed E-state index contributed by atoms with van der Waals surface area (Å²) in [6.45, 7) is 0. The first-order chi connectivity index (χ1) is 5.28. The van der Waals surface area contributed by atoms with Crippen molar-refractivity contribution in [1.82, 2.24) is 0 Å². The third-order valence-electron chi connectivity index (χ3n) is 1.17. The van der Waals surface area contributed by atoms with Crippen LogP contribution in [0.4, 0.5) is 0 Å². The summed E-state index contributed by atoms with van der Waals surface area (Å²) in [6, 6.07) is 0. The molecule has 0 amide bonds. The van der Waals surface area contributed by atoms with E-state index in [-0.39, 0.29) is 0 Å². The molecule has 4 nitrogen and oxygen atoms in total. The van der Waals surface area contributed by atoms with Crippen molar-refractivity contribution in [3.63, 3.8) is 0 Å². The standard InChI is InChI=1S/C4H8Cl3O4P/c1-11-12(10,2-8)3(9)4(5,6)7/h3,8-9H,2H2,1H3. The lowest BCUT2D eigenvalue weighted by atomic mass is 10.8. The summed E-state index contributed by atoms with van der Waals surface area (Å²) < 4.78 is 13.6. The van der Waals surface area contributed by atoms with Crippen LogP contribution in [0.5, 0.6) is 0 Å². The molecule has 0 heterocycles. The Balaban J connectivity index is 4.66. The van der Waals surface area contributed by atoms with Crippen molar-refractivity contribution in [2.75, 3.05) is 13.5 Å². The first kappa shape index (κ1) is 13.0. The summed E-state index contributed by atoms with van der Waals surface area (Å²) >= 11 is 15.7. The predicted molar refractivity (Wildman–Crippen MR) is 48.0 cm³/mol. The molecule has 2 N–H and O–H groups in total. The average Bonchev–Trinajstić information content (AvgIpc) is 2.00. The molecule has 2 unspecified atom stereocenters. The van der Waals surface area contributed by atoms with E-state index in [1.165, 1.54) is 0 Å². The van der Waals surface area contributed by atoms with Crippen LogP contribution in [0.15, 0.2) is 0 Å². The van der Waals surface area contributed by atoms with Gasteiger partial charge in [0.1, 0.15) is 6.35 Å². The van der Waals surface area contributed by atoms with Gasteiger partial charge in [-0.3, -0.25) is 4.57 Å². The average molecular weight is 257 g/mol. The molecule has 0 aromatic rings. The highest BCUT2D eigenvalue weighted by Crippen LogP contribution is 2.56. The third-order valence-corrected chi connectivity index (χ3v) is 4.39. The van der Waals surface area contributed by atoms with Gasteiger partial charge < -0.3 is 14.7 Å². The van der Waals surface area contributed by atoms with E-state index >= 15 is 0 Å². The molecule has 8 heteroatoms. The lowest BCUT2D eigenvalue weighted by Crippen LogP contribution is -2.26. The Kier molecular flexibility index (Phi) is 4.83. The summed E-state index contributed by atoms with van der Waals surface area (Å²) in [5.41, 5.74) is 0. The number of halogens is 3. The summed E-state index contributed by atoms with van der Waals surface area (Å²) in [5.74, 6) is -1.83. The van der Waals surface area contributed by atoms with Gasteiger partial charge in [0.2, 0.25) is 3.79 Å². The molecule has 0 aliphatic carbocycles. The minimum Gasteiger partial charge on any atom is -0.386 e. The third kappa shape index (κ3) is 3.04. The number of alkyl halides is 3. The van der Waals surface area contributed by atoms with Gasteiger partial charge in [0.25, 0.3) is 7.37 Å². The first-order valence-electron chi connectivity index (χ1n) is 2.78. The fourth-order valence-electron chi connectivity index (χ4n) is 0.458. The van der Waals surface area contributed by atoms with Crippen LogP contribution in [0.25, 0.3) is 0 Å². The Bertz CT molecular complexity index is 183. The predicted octanol–water partition coefficient (Wildman–Crippen LogP) is 1.55. The highest BCUT2D eigenvalue weighted by molar-refractivity contribution is 7.59. The summed E-state index contributed by atoms with van der Waals surface area (Å²) in [6.07, 6.45) is -0.876. The number of hydrogen-bond acceptors (Lipinski definition) is 4. The Morgan fingerprint density at radius 2 is 2.00 bits per heavy atom. The molecule has 0 aliphatic heterocycles. The van der Waals surface area contributed by atoms with E-state index in [1.807, 2.05) is 0 Å². The Morgan fingerprint density at radius 3 is 2.08 bits per heavy atom. The molecular weight excluding hydrogens is 249 g/mol. The summed E-state index contributed by atoms with van der Waals surface area (Å²) in [4.78, 5) is 0. The quantitative estimate of drug-likeness (QED) is 0.594. The lowest BCUT2D eigenvalue weighted by molar-refractivity contribution is 0.208. The fraction of sp³-hybridized carbons (Fsp3) is 1.00. The van der Waals surface area contributed by atoms with Crippen molar-refractivity contribution < 1.29 is 19.3 Å². The van der Waals surface area contributed by atoms with Gasteiger partial charge in [-0.05, 0) is 0 Å². The molecule has 0 saturated carbocycles. The normalized spacial score (nSPS) is 20.2. The second kappa shape index (κ2) is 4.47. The van der Waals surface area contributed by atoms with E-state index in [0.29, 0.717) is 0 Å². The Morgan fingerprint density at radius 1 is 1.58 bits per heavy atom. The van der Waals surface area contributed by atoms with Crippen LogP contribution in [0.3, 0.4) is 0 Å². The molecule has 0 aromatic heterocycles. The maximum atomic E-state index is 11.3. The van der Waals surface area contributed by atoms with Gasteiger partial charge >= 0.3 is 0 Å². The molecule has 0 aromatic carbocycles. The fourth-order valence-corrected chi connectivity index (χ4v) is 2.71. The SMILES string of the molecule is COP(=O)(CO)C(O)C(Cl)(Cl)Cl. The molecule has 12 heavy (non-hydrogen) atoms. The number of aliphatic hydroxyl groups is 2. The molecule has 0 rings (SSSR count). The van der Waals surface area contributed by atoms with E-state index in [4.69, 9.17) is 45.0 Å². The van der Waals surface area contributed by atoms with Crippen LogP contribution in [0.1, 0.15) is 0 Å². The zero-order valence-corrected chi connectivity index (χ0v) is 9.24. The maximum absolute atomic E-state index is 11.3. The van der Waals surface area contributed by atoms with Gasteiger partial charge in [-0.25, -0.2) is 0 Å². The summed E-state index contributed by atoms with van der Waals surface area (Å²) in [5, 5.41) is 17.8. The van der Waals surface area contributed by atoms with Crippen molar-refractivity contribution in [3.8, 4) is 0 Å². The second-order valence-electron chi connectivity index (χ2n) is 1.97. The van der Waals surface area contributed by atoms with Crippen molar-refractivity contribution in [2.45, 2.75) is 9.64 Å². The smallest absolute Gasteiger partial charge is 0.259 e. The van der Waals surface area contributed by atoms with E-state index in [0.717, 1.165) is 7.11 Å². The van der Waals surface area contributed by atoms with Crippen molar-refractivity contribution in [1.29, 1.82) is 0 Å². The van der Waals surface area contributed by atoms with Crippen LogP contribution in [0, 0.1) is 0 Å². The van der Waals surface area contributed by atoms with Crippen LogP contribution in [-0.4, -0.2) is 33.3 Å². The molecule has 0 aliphatic rings. The van der Waals surface area contributed by atoms with Crippen LogP contribution in [0.2, 0.25) is 0 Å². The number of hydrogen-bond donors (Lipinski definition) is 2. The molecule has 0 radical (unpaired) electrons. The zero-order chi connectivity index (χ0) is 9.99. The van der Waals surface area contributed by atoms with E-state index in [9.17, 15) is 4.57 Å². The molecule has 0 spiro atoms. The first-order valence-corrected chi connectivity index (χ1v) is 5.79. The lowest BCUT2D eigenvalue weighted by Gasteiger charge is -2.25. The highest BCUT2D eigenvalue weighted by atomic mass is 35.6. The topological polar surface area (TPSA) is 66.8 Å². The molecule has 74 valence electrons. The Hall–Kier alpha value is 0.980. The minimum atomic E-state index is -3.68. The largest absolute Gasteiger partial charge is 0.386 e. The molecule has 0 fully saturated rings. The maximum Gasteiger partial charge on any atom is 0.259 e. The van der Waals surface area contributed by atoms with Crippen molar-refractivity contribution in [2.24, 2.45) is 0 Å². The number of aliphatic hydroxyl groups excluding tert-OH is 2. The molecular formula is C4H8Cl3O4P. The molecule has 0 saturated heterocycles. The zero-order valence-electron chi connectivity index (χ0n) is 6.08. The van der Waals surface area contributed by atoms with Crippen molar-refractivity contribution in [3.05, 3.63) is 0 Å². The van der Waals surface area contributed by atoms with Gasteiger partial charge in [-0.1, -0.05) is 34.8 Å². The van der Waals surface area contributed by atoms with Gasteiger partial charge in [-0.2, -0.15) is 0 Å². The minimum absolute atomic E-state index is 0.876. The van der Waals surface area contributed by atoms with Crippen LogP contribution in [-0.2, 0) is 9.09 Å². The monoisotopic (exact) mass is 256 g/mol. The molecule has 2 atom stereocenters. The molecule has 0 bridgehead atoms. The van der Waals surface area contributed by atoms with Gasteiger partial charge in [-0.15, -0.1) is 0 Å². The van der Waals surface area contributed by atoms with Crippen LogP contribution < -0.4 is 0 Å². The van der Waals surface area contributed by atoms with E-state index < -0.39 is 23.4 Å². The highest BCUT2D eigenvalue weighted by Gasteiger charge is 2.45. The van der Waals surface area contributed by atoms with Gasteiger partial charge in [0.05, 0.1) is 0 Å². The van der Waals surface area contributed by atoms with Gasteiger partial charge in [0.15, 0.2) is 5.85 Å². The van der Waals surface area contributed by atoms with Gasteiger partial charge in [0, 0.05) is 7.11 Å². The Labute approximate surface area is 84.8 Å². The number of rotatable bonds is 3. The summed E-state index contributed by atoms with van der Waals surface area (Å²) in [7, 11) is -2.63. The second-order valence-corrected chi connectivity index (χ2v) is 6.92.